The lowest BCUT2D eigenvalue weighted by atomic mass is 9.98. The van der Waals surface area contributed by atoms with Crippen LogP contribution in [0.25, 0.3) is 0 Å². The highest BCUT2D eigenvalue weighted by molar-refractivity contribution is 5.85. The molecule has 2 fully saturated rings. The van der Waals surface area contributed by atoms with Crippen molar-refractivity contribution in [1.82, 2.24) is 10.2 Å². The molecule has 6 nitrogen and oxygen atoms in total. The number of nitrogens with zero attached hydrogens (tertiary/aromatic N) is 1. The third-order valence-corrected chi connectivity index (χ3v) is 3.83. The van der Waals surface area contributed by atoms with Gasteiger partial charge in [0.1, 0.15) is 0 Å². The molecule has 19 heavy (non-hydrogen) atoms. The van der Waals surface area contributed by atoms with Gasteiger partial charge in [-0.05, 0) is 32.2 Å². The van der Waals surface area contributed by atoms with Crippen LogP contribution in [0, 0.1) is 5.92 Å². The average molecular weight is 269 g/mol. The second kappa shape index (κ2) is 6.86. The first kappa shape index (κ1) is 14.3. The van der Waals surface area contributed by atoms with Gasteiger partial charge in [-0.25, -0.2) is 0 Å². The Morgan fingerprint density at radius 2 is 2.16 bits per heavy atom. The lowest BCUT2D eigenvalue weighted by Gasteiger charge is -2.36. The Hall–Kier alpha value is -1.14. The van der Waals surface area contributed by atoms with Gasteiger partial charge in [-0.2, -0.15) is 0 Å². The molecule has 6 heteroatoms. The lowest BCUT2D eigenvalue weighted by molar-refractivity contribution is -0.145. The minimum absolute atomic E-state index is 0.0156. The van der Waals surface area contributed by atoms with Crippen LogP contribution >= 0.6 is 0 Å². The van der Waals surface area contributed by atoms with Gasteiger partial charge in [0.25, 0.3) is 0 Å². The molecule has 2 heterocycles. The molecule has 0 bridgehead atoms. The zero-order chi connectivity index (χ0) is 13.7. The highest BCUT2D eigenvalue weighted by Gasteiger charge is 2.32. The Bertz CT molecular complexity index is 323. The third kappa shape index (κ3) is 3.91. The van der Waals surface area contributed by atoms with Crippen LogP contribution in [0.15, 0.2) is 0 Å². The Morgan fingerprint density at radius 3 is 2.74 bits per heavy atom. The Kier molecular flexibility index (Phi) is 5.15. The van der Waals surface area contributed by atoms with Gasteiger partial charge in [-0.15, -0.1) is 0 Å². The molecule has 2 amide bonds. The highest BCUT2D eigenvalue weighted by Crippen LogP contribution is 2.20. The van der Waals surface area contributed by atoms with Crippen LogP contribution in [0.4, 0.5) is 0 Å². The fourth-order valence-corrected chi connectivity index (χ4v) is 2.82. The zero-order valence-electron chi connectivity index (χ0n) is 11.3. The van der Waals surface area contributed by atoms with Crippen LogP contribution in [-0.4, -0.2) is 55.6 Å². The maximum Gasteiger partial charge on any atom is 0.237 e. The molecule has 0 spiro atoms. The van der Waals surface area contributed by atoms with Crippen molar-refractivity contribution in [2.45, 2.75) is 31.7 Å². The zero-order valence-corrected chi connectivity index (χ0v) is 11.3. The first-order valence-electron chi connectivity index (χ1n) is 7.05. The van der Waals surface area contributed by atoms with Gasteiger partial charge < -0.3 is 20.7 Å². The molecule has 3 N–H and O–H groups in total. The summed E-state index contributed by atoms with van der Waals surface area (Å²) in [6.07, 6.45) is 3.70. The van der Waals surface area contributed by atoms with Gasteiger partial charge in [0, 0.05) is 19.2 Å². The molecule has 2 aliphatic heterocycles. The molecule has 0 saturated carbocycles. The molecule has 0 aromatic carbocycles. The van der Waals surface area contributed by atoms with Gasteiger partial charge in [-0.3, -0.25) is 9.59 Å². The summed E-state index contributed by atoms with van der Waals surface area (Å²) < 4.78 is 5.37. The monoisotopic (exact) mass is 269 g/mol. The molecule has 0 radical (unpaired) electrons. The largest absolute Gasteiger partial charge is 0.381 e. The minimum atomic E-state index is -0.448. The van der Waals surface area contributed by atoms with Crippen molar-refractivity contribution in [1.29, 1.82) is 0 Å². The summed E-state index contributed by atoms with van der Waals surface area (Å²) >= 11 is 0. The van der Waals surface area contributed by atoms with Crippen LogP contribution in [0.5, 0.6) is 0 Å². The van der Waals surface area contributed by atoms with Crippen molar-refractivity contribution in [2.75, 3.05) is 32.8 Å². The van der Waals surface area contributed by atoms with Crippen LogP contribution in [0.1, 0.15) is 25.7 Å². The average Bonchev–Trinajstić information content (AvgIpc) is 2.46. The molecule has 2 aliphatic rings. The molecule has 0 aliphatic carbocycles. The van der Waals surface area contributed by atoms with Gasteiger partial charge >= 0.3 is 0 Å². The van der Waals surface area contributed by atoms with Crippen molar-refractivity contribution in [3.8, 4) is 0 Å². The van der Waals surface area contributed by atoms with E-state index in [4.69, 9.17) is 10.5 Å². The number of amides is 2. The van der Waals surface area contributed by atoms with E-state index in [1.807, 2.05) is 0 Å². The summed E-state index contributed by atoms with van der Waals surface area (Å²) in [5, 5.41) is 3.27. The minimum Gasteiger partial charge on any atom is -0.381 e. The summed E-state index contributed by atoms with van der Waals surface area (Å²) in [5.74, 6) is -0.544. The fraction of sp³-hybridized carbons (Fsp3) is 0.846. The predicted octanol–water partition coefficient (Wildman–Crippen LogP) is -0.521. The van der Waals surface area contributed by atoms with Gasteiger partial charge in [0.15, 0.2) is 0 Å². The number of hydrogen-bond donors (Lipinski definition) is 2. The number of carbonyl (C=O) groups is 2. The second-order valence-electron chi connectivity index (χ2n) is 5.35. The van der Waals surface area contributed by atoms with E-state index in [9.17, 15) is 9.59 Å². The maximum atomic E-state index is 12.5. The van der Waals surface area contributed by atoms with Crippen molar-refractivity contribution >= 4 is 11.8 Å². The second-order valence-corrected chi connectivity index (χ2v) is 5.35. The van der Waals surface area contributed by atoms with E-state index in [-0.39, 0.29) is 24.4 Å². The third-order valence-electron chi connectivity index (χ3n) is 3.83. The molecular formula is C13H23N3O3. The number of primary amides is 1. The number of ether oxygens (including phenoxy) is 1. The Balaban J connectivity index is 2.02. The van der Waals surface area contributed by atoms with E-state index in [1.54, 1.807) is 4.90 Å². The summed E-state index contributed by atoms with van der Waals surface area (Å²) in [4.78, 5) is 25.4. The highest BCUT2D eigenvalue weighted by atomic mass is 16.5. The molecule has 2 rings (SSSR count). The maximum absolute atomic E-state index is 12.5. The van der Waals surface area contributed by atoms with E-state index >= 15 is 0 Å². The molecule has 0 aromatic heterocycles. The number of nitrogens with one attached hydrogen (secondary N) is 1. The SMILES string of the molecule is NC(=O)CN(C(=O)C1CCCOC1)C1CCCNC1. The van der Waals surface area contributed by atoms with E-state index < -0.39 is 5.91 Å². The quantitative estimate of drug-likeness (QED) is 0.719. The molecule has 2 saturated heterocycles. The number of carbonyl (C=O) groups excluding carboxylic acids is 2. The Morgan fingerprint density at radius 1 is 1.32 bits per heavy atom. The number of piperidine rings is 1. The number of nitrogens with two attached hydrogens (primary N) is 1. The van der Waals surface area contributed by atoms with Crippen LogP contribution < -0.4 is 11.1 Å². The lowest BCUT2D eigenvalue weighted by Crippen LogP contribution is -2.53. The summed E-state index contributed by atoms with van der Waals surface area (Å²) in [6, 6.07) is 0.0793. The van der Waals surface area contributed by atoms with Crippen LogP contribution in [-0.2, 0) is 14.3 Å². The topological polar surface area (TPSA) is 84.7 Å². The van der Waals surface area contributed by atoms with Crippen LogP contribution in [0.2, 0.25) is 0 Å². The summed E-state index contributed by atoms with van der Waals surface area (Å²) in [6.45, 7) is 2.93. The van der Waals surface area contributed by atoms with E-state index in [1.165, 1.54) is 0 Å². The normalized spacial score (nSPS) is 27.8. The van der Waals surface area contributed by atoms with Crippen molar-refractivity contribution in [3.63, 3.8) is 0 Å². The molecular weight excluding hydrogens is 246 g/mol. The van der Waals surface area contributed by atoms with E-state index in [2.05, 4.69) is 5.32 Å². The number of hydrogen-bond acceptors (Lipinski definition) is 4. The standard InChI is InChI=1S/C13H23N3O3/c14-12(17)8-16(11-4-1-5-15-7-11)13(18)10-3-2-6-19-9-10/h10-11,15H,1-9H2,(H2,14,17). The smallest absolute Gasteiger partial charge is 0.237 e. The molecule has 2 atom stereocenters. The van der Waals surface area contributed by atoms with Crippen molar-refractivity contribution in [2.24, 2.45) is 11.7 Å². The van der Waals surface area contributed by atoms with Crippen molar-refractivity contribution in [3.05, 3.63) is 0 Å². The van der Waals surface area contributed by atoms with Crippen molar-refractivity contribution < 1.29 is 14.3 Å². The Labute approximate surface area is 113 Å². The first-order valence-corrected chi connectivity index (χ1v) is 7.05. The molecule has 2 unspecified atom stereocenters. The van der Waals surface area contributed by atoms with Gasteiger partial charge in [0.2, 0.25) is 11.8 Å². The van der Waals surface area contributed by atoms with Gasteiger partial charge in [0.05, 0.1) is 19.1 Å². The van der Waals surface area contributed by atoms with E-state index in [0.717, 1.165) is 45.4 Å². The van der Waals surface area contributed by atoms with Crippen LogP contribution in [0.3, 0.4) is 0 Å². The van der Waals surface area contributed by atoms with E-state index in [0.29, 0.717) is 6.61 Å². The number of rotatable bonds is 4. The molecule has 108 valence electrons. The summed E-state index contributed by atoms with van der Waals surface area (Å²) in [5.41, 5.74) is 5.28. The van der Waals surface area contributed by atoms with Gasteiger partial charge in [-0.1, -0.05) is 0 Å². The first-order chi connectivity index (χ1) is 9.18. The predicted molar refractivity (Wildman–Crippen MR) is 70.3 cm³/mol. The molecule has 0 aromatic rings. The summed E-state index contributed by atoms with van der Waals surface area (Å²) in [7, 11) is 0. The fourth-order valence-electron chi connectivity index (χ4n) is 2.82.